The zero-order chi connectivity index (χ0) is 7.28. The maximum Gasteiger partial charge on any atom is 0.307 e. The SMILES string of the molecule is CC(C)CCC(=O)OP. The minimum atomic E-state index is -0.145. The van der Waals surface area contributed by atoms with Gasteiger partial charge >= 0.3 is 5.97 Å². The van der Waals surface area contributed by atoms with Crippen molar-refractivity contribution in [1.82, 2.24) is 0 Å². The van der Waals surface area contributed by atoms with Gasteiger partial charge in [-0.3, -0.25) is 4.79 Å². The fraction of sp³-hybridized carbons (Fsp3) is 0.833. The molecule has 0 saturated heterocycles. The number of hydrogen-bond donors (Lipinski definition) is 0. The van der Waals surface area contributed by atoms with Crippen LogP contribution in [0.2, 0.25) is 0 Å². The molecule has 54 valence electrons. The molecule has 0 aliphatic rings. The van der Waals surface area contributed by atoms with Crippen LogP contribution in [0.15, 0.2) is 0 Å². The molecular formula is C6H13O2P. The molecule has 1 atom stereocenters. The van der Waals surface area contributed by atoms with E-state index >= 15 is 0 Å². The molecule has 0 heterocycles. The van der Waals surface area contributed by atoms with Gasteiger partial charge in [0.05, 0.1) is 9.47 Å². The Bertz CT molecular complexity index is 91.1. The minimum absolute atomic E-state index is 0.145. The second-order valence-corrected chi connectivity index (χ2v) is 2.66. The first-order valence-electron chi connectivity index (χ1n) is 3.06. The summed E-state index contributed by atoms with van der Waals surface area (Å²) in [5, 5.41) is 0. The molecule has 3 heteroatoms. The molecule has 0 aromatic carbocycles. The number of carbonyl (C=O) groups is 1. The van der Waals surface area contributed by atoms with E-state index in [-0.39, 0.29) is 5.97 Å². The standard InChI is InChI=1S/C6H13O2P/c1-5(2)3-4-6(7)8-9/h5H,3-4,9H2,1-2H3. The van der Waals surface area contributed by atoms with Crippen molar-refractivity contribution in [1.29, 1.82) is 0 Å². The summed E-state index contributed by atoms with van der Waals surface area (Å²) in [5.41, 5.74) is 0. The number of carbonyl (C=O) groups excluding carboxylic acids is 1. The van der Waals surface area contributed by atoms with Gasteiger partial charge in [0.15, 0.2) is 0 Å². The van der Waals surface area contributed by atoms with Crippen molar-refractivity contribution in [3.8, 4) is 0 Å². The summed E-state index contributed by atoms with van der Waals surface area (Å²) in [6.07, 6.45) is 1.44. The quantitative estimate of drug-likeness (QED) is 0.570. The summed E-state index contributed by atoms with van der Waals surface area (Å²) in [7, 11) is 1.95. The topological polar surface area (TPSA) is 26.3 Å². The van der Waals surface area contributed by atoms with Crippen LogP contribution >= 0.6 is 9.47 Å². The Labute approximate surface area is 58.3 Å². The second-order valence-electron chi connectivity index (χ2n) is 2.42. The lowest BCUT2D eigenvalue weighted by molar-refractivity contribution is -0.133. The first-order valence-corrected chi connectivity index (χ1v) is 3.53. The highest BCUT2D eigenvalue weighted by Crippen LogP contribution is 2.05. The molecule has 0 aromatic heterocycles. The van der Waals surface area contributed by atoms with Crippen LogP contribution in [0.4, 0.5) is 0 Å². The summed E-state index contributed by atoms with van der Waals surface area (Å²) in [4.78, 5) is 10.5. The van der Waals surface area contributed by atoms with Gasteiger partial charge in [-0.15, -0.1) is 0 Å². The van der Waals surface area contributed by atoms with Crippen molar-refractivity contribution in [2.45, 2.75) is 26.7 Å². The highest BCUT2D eigenvalue weighted by atomic mass is 31.0. The van der Waals surface area contributed by atoms with E-state index in [0.29, 0.717) is 12.3 Å². The molecule has 2 nitrogen and oxygen atoms in total. The van der Waals surface area contributed by atoms with Crippen molar-refractivity contribution in [3.05, 3.63) is 0 Å². The fourth-order valence-electron chi connectivity index (χ4n) is 0.465. The molecule has 0 radical (unpaired) electrons. The van der Waals surface area contributed by atoms with Crippen LogP contribution in [0.1, 0.15) is 26.7 Å². The van der Waals surface area contributed by atoms with Crippen LogP contribution < -0.4 is 0 Å². The van der Waals surface area contributed by atoms with Gasteiger partial charge in [-0.05, 0) is 12.3 Å². The Morgan fingerprint density at radius 3 is 2.56 bits per heavy atom. The molecule has 0 fully saturated rings. The normalized spacial score (nSPS) is 9.78. The van der Waals surface area contributed by atoms with Crippen molar-refractivity contribution in [3.63, 3.8) is 0 Å². The van der Waals surface area contributed by atoms with E-state index < -0.39 is 0 Å². The summed E-state index contributed by atoms with van der Waals surface area (Å²) >= 11 is 0. The molecule has 0 aliphatic heterocycles. The zero-order valence-electron chi connectivity index (χ0n) is 5.89. The lowest BCUT2D eigenvalue weighted by Crippen LogP contribution is -1.98. The third-order valence-corrected chi connectivity index (χ3v) is 1.32. The van der Waals surface area contributed by atoms with Crippen molar-refractivity contribution in [2.24, 2.45) is 5.92 Å². The van der Waals surface area contributed by atoms with Crippen LogP contribution in [0, 0.1) is 5.92 Å². The van der Waals surface area contributed by atoms with Crippen LogP contribution in [-0.2, 0) is 9.32 Å². The second kappa shape index (κ2) is 4.75. The predicted molar refractivity (Wildman–Crippen MR) is 39.9 cm³/mol. The summed E-state index contributed by atoms with van der Waals surface area (Å²) in [6.45, 7) is 4.16. The van der Waals surface area contributed by atoms with Crippen molar-refractivity contribution < 1.29 is 9.32 Å². The lowest BCUT2D eigenvalue weighted by Gasteiger charge is -2.00. The van der Waals surface area contributed by atoms with Gasteiger partial charge in [-0.2, -0.15) is 0 Å². The molecule has 0 N–H and O–H groups in total. The van der Waals surface area contributed by atoms with Gasteiger partial charge in [-0.25, -0.2) is 0 Å². The van der Waals surface area contributed by atoms with Crippen LogP contribution in [0.25, 0.3) is 0 Å². The van der Waals surface area contributed by atoms with E-state index in [4.69, 9.17) is 0 Å². The Kier molecular flexibility index (Phi) is 4.70. The Balaban J connectivity index is 3.17. The Hall–Kier alpha value is -0.100. The molecule has 0 rings (SSSR count). The average molecular weight is 148 g/mol. The van der Waals surface area contributed by atoms with Gasteiger partial charge in [0.1, 0.15) is 0 Å². The number of rotatable bonds is 3. The summed E-state index contributed by atoms with van der Waals surface area (Å²) < 4.78 is 4.38. The molecular weight excluding hydrogens is 135 g/mol. The van der Waals surface area contributed by atoms with E-state index in [9.17, 15) is 4.79 Å². The third kappa shape index (κ3) is 5.78. The van der Waals surface area contributed by atoms with E-state index in [1.54, 1.807) is 0 Å². The lowest BCUT2D eigenvalue weighted by atomic mass is 10.1. The summed E-state index contributed by atoms with van der Waals surface area (Å²) in [5.74, 6) is 0.433. The molecule has 0 amide bonds. The van der Waals surface area contributed by atoms with Crippen LogP contribution in [0.5, 0.6) is 0 Å². The monoisotopic (exact) mass is 148 g/mol. The first-order chi connectivity index (χ1) is 4.16. The molecule has 1 unspecified atom stereocenters. The fourth-order valence-corrected chi connectivity index (χ4v) is 0.583. The van der Waals surface area contributed by atoms with E-state index in [1.807, 2.05) is 9.47 Å². The highest BCUT2D eigenvalue weighted by Gasteiger charge is 2.00. The molecule has 0 bridgehead atoms. The van der Waals surface area contributed by atoms with Gasteiger partial charge in [0, 0.05) is 6.42 Å². The molecule has 0 aromatic rings. The smallest absolute Gasteiger partial charge is 0.307 e. The molecule has 0 spiro atoms. The molecule has 0 aliphatic carbocycles. The van der Waals surface area contributed by atoms with Crippen LogP contribution in [-0.4, -0.2) is 5.97 Å². The molecule has 0 saturated carbocycles. The average Bonchev–Trinajstić information content (AvgIpc) is 1.83. The van der Waals surface area contributed by atoms with Gasteiger partial charge in [-0.1, -0.05) is 13.8 Å². The predicted octanol–water partition coefficient (Wildman–Crippen LogP) is 1.76. The minimum Gasteiger partial charge on any atom is -0.452 e. The van der Waals surface area contributed by atoms with Gasteiger partial charge < -0.3 is 4.52 Å². The van der Waals surface area contributed by atoms with Gasteiger partial charge in [0.2, 0.25) is 0 Å². The van der Waals surface area contributed by atoms with Gasteiger partial charge in [0.25, 0.3) is 0 Å². The Morgan fingerprint density at radius 2 is 2.22 bits per heavy atom. The third-order valence-electron chi connectivity index (χ3n) is 1.06. The highest BCUT2D eigenvalue weighted by molar-refractivity contribution is 7.10. The largest absolute Gasteiger partial charge is 0.452 e. The maximum atomic E-state index is 10.5. The zero-order valence-corrected chi connectivity index (χ0v) is 7.04. The van der Waals surface area contributed by atoms with Crippen molar-refractivity contribution in [2.75, 3.05) is 0 Å². The Morgan fingerprint density at radius 1 is 1.67 bits per heavy atom. The van der Waals surface area contributed by atoms with Crippen LogP contribution in [0.3, 0.4) is 0 Å². The van der Waals surface area contributed by atoms with E-state index in [0.717, 1.165) is 6.42 Å². The van der Waals surface area contributed by atoms with E-state index in [1.165, 1.54) is 0 Å². The maximum absolute atomic E-state index is 10.5. The molecule has 9 heavy (non-hydrogen) atoms. The van der Waals surface area contributed by atoms with Crippen molar-refractivity contribution >= 4 is 15.4 Å². The first kappa shape index (κ1) is 8.90. The van der Waals surface area contributed by atoms with E-state index in [2.05, 4.69) is 18.4 Å². The summed E-state index contributed by atoms with van der Waals surface area (Å²) in [6, 6.07) is 0. The number of hydrogen-bond acceptors (Lipinski definition) is 2.